The Kier molecular flexibility index (Phi) is 16.0. The van der Waals surface area contributed by atoms with Gasteiger partial charge in [-0.1, -0.05) is 71.1 Å². The van der Waals surface area contributed by atoms with Crippen LogP contribution in [0.3, 0.4) is 0 Å². The van der Waals surface area contributed by atoms with Crippen LogP contribution in [0.2, 0.25) is 0 Å². The average Bonchev–Trinajstić information content (AvgIpc) is 2.95. The van der Waals surface area contributed by atoms with Crippen molar-refractivity contribution in [2.24, 2.45) is 10.4 Å². The minimum absolute atomic E-state index is 0.0280. The Morgan fingerprint density at radius 2 is 1.68 bits per heavy atom. The van der Waals surface area contributed by atoms with Crippen LogP contribution in [0.4, 0.5) is 17.6 Å². The maximum atomic E-state index is 14.1. The lowest BCUT2D eigenvalue weighted by molar-refractivity contribution is 0.0420. The molecule has 1 aromatic rings. The molecule has 0 amide bonds. The smallest absolute Gasteiger partial charge is 0.263 e. The first-order chi connectivity index (χ1) is 19.2. The Labute approximate surface area is 245 Å². The molecular formula is C34H47F4N3. The van der Waals surface area contributed by atoms with Gasteiger partial charge < -0.3 is 4.90 Å². The van der Waals surface area contributed by atoms with Gasteiger partial charge in [-0.15, -0.1) is 0 Å². The van der Waals surface area contributed by atoms with Crippen molar-refractivity contribution in [3.05, 3.63) is 93.4 Å². The standard InChI is InChI=1S/C30H35F4N3.2C2H6/c1-9-19(4)10-11-22(18(2)3)16-37-17-36-27(30(7,8)29(33)34)26(21(37)6)14-23-12-24(28(31)32)13-25(15-35)20(23)5;2*1-2/h10-13,17,28-29H,2,6,9,14,16H2,1,3-5,7-8H3;2*1-2H3/b19-10+,22-11-;;. The molecule has 7 heteroatoms. The summed E-state index contributed by atoms with van der Waals surface area (Å²) in [5.41, 5.74) is 3.14. The lowest BCUT2D eigenvalue weighted by Crippen LogP contribution is -2.33. The molecule has 0 atom stereocenters. The fraction of sp³-hybridized carbons (Fsp3) is 0.471. The first-order valence-corrected chi connectivity index (χ1v) is 14.1. The number of aliphatic imine (C=N–C) groups is 1. The van der Waals surface area contributed by atoms with Crippen LogP contribution in [0.1, 0.15) is 97.4 Å². The topological polar surface area (TPSA) is 39.4 Å². The summed E-state index contributed by atoms with van der Waals surface area (Å²) in [5, 5.41) is 9.49. The van der Waals surface area contributed by atoms with Gasteiger partial charge in [0.25, 0.3) is 6.43 Å². The van der Waals surface area contributed by atoms with E-state index < -0.39 is 18.3 Å². The molecule has 0 saturated carbocycles. The van der Waals surface area contributed by atoms with Crippen LogP contribution in [-0.4, -0.2) is 24.2 Å². The van der Waals surface area contributed by atoms with Crippen molar-refractivity contribution in [2.75, 3.05) is 6.54 Å². The third-order valence-corrected chi connectivity index (χ3v) is 6.76. The number of hydrogen-bond acceptors (Lipinski definition) is 3. The van der Waals surface area contributed by atoms with Gasteiger partial charge in [0.15, 0.2) is 0 Å². The zero-order valence-corrected chi connectivity index (χ0v) is 26.4. The molecule has 0 fully saturated rings. The molecule has 0 unspecified atom stereocenters. The summed E-state index contributed by atoms with van der Waals surface area (Å²) < 4.78 is 55.4. The number of nitriles is 1. The van der Waals surface area contributed by atoms with E-state index in [9.17, 15) is 22.8 Å². The highest BCUT2D eigenvalue weighted by atomic mass is 19.3. The number of alkyl halides is 4. The molecule has 1 aliphatic heterocycles. The van der Waals surface area contributed by atoms with Crippen molar-refractivity contribution in [2.45, 2.75) is 94.9 Å². The number of hydrogen-bond donors (Lipinski definition) is 0. The largest absolute Gasteiger partial charge is 0.328 e. The highest BCUT2D eigenvalue weighted by molar-refractivity contribution is 5.68. The minimum atomic E-state index is -2.77. The van der Waals surface area contributed by atoms with E-state index in [1.165, 1.54) is 31.8 Å². The molecule has 3 nitrogen and oxygen atoms in total. The summed E-state index contributed by atoms with van der Waals surface area (Å²) in [6.07, 6.45) is 0.910. The zero-order valence-electron chi connectivity index (χ0n) is 26.4. The predicted molar refractivity (Wildman–Crippen MR) is 165 cm³/mol. The van der Waals surface area contributed by atoms with Crippen LogP contribution < -0.4 is 0 Å². The highest BCUT2D eigenvalue weighted by Gasteiger charge is 2.38. The fourth-order valence-corrected chi connectivity index (χ4v) is 3.85. The van der Waals surface area contributed by atoms with E-state index in [2.05, 4.69) is 25.1 Å². The van der Waals surface area contributed by atoms with E-state index >= 15 is 0 Å². The third kappa shape index (κ3) is 9.88. The van der Waals surface area contributed by atoms with Crippen molar-refractivity contribution in [3.63, 3.8) is 0 Å². The number of rotatable bonds is 10. The predicted octanol–water partition coefficient (Wildman–Crippen LogP) is 10.7. The monoisotopic (exact) mass is 573 g/mol. The molecule has 0 saturated heterocycles. The zero-order chi connectivity index (χ0) is 32.1. The van der Waals surface area contributed by atoms with Crippen molar-refractivity contribution < 1.29 is 17.6 Å². The van der Waals surface area contributed by atoms with Crippen molar-refractivity contribution in [3.8, 4) is 6.07 Å². The fourth-order valence-electron chi connectivity index (χ4n) is 3.85. The van der Waals surface area contributed by atoms with Crippen molar-refractivity contribution >= 4 is 6.34 Å². The second-order valence-electron chi connectivity index (χ2n) is 9.95. The van der Waals surface area contributed by atoms with Crippen molar-refractivity contribution in [1.29, 1.82) is 5.26 Å². The lowest BCUT2D eigenvalue weighted by atomic mass is 9.82. The maximum absolute atomic E-state index is 14.1. The Hall–Kier alpha value is -3.40. The summed E-state index contributed by atoms with van der Waals surface area (Å²) >= 11 is 0. The van der Waals surface area contributed by atoms with E-state index in [1.807, 2.05) is 59.8 Å². The van der Waals surface area contributed by atoms with E-state index in [0.717, 1.165) is 23.6 Å². The van der Waals surface area contributed by atoms with E-state index in [4.69, 9.17) is 0 Å². The molecule has 1 aromatic carbocycles. The van der Waals surface area contributed by atoms with Crippen LogP contribution in [0, 0.1) is 23.7 Å². The summed E-state index contributed by atoms with van der Waals surface area (Å²) in [7, 11) is 0. The first kappa shape index (κ1) is 37.6. The molecule has 0 spiro atoms. The van der Waals surface area contributed by atoms with Gasteiger partial charge >= 0.3 is 0 Å². The van der Waals surface area contributed by atoms with Crippen LogP contribution in [0.15, 0.2) is 76.1 Å². The van der Waals surface area contributed by atoms with Gasteiger partial charge in [-0.3, -0.25) is 0 Å². The van der Waals surface area contributed by atoms with Crippen LogP contribution in [-0.2, 0) is 6.42 Å². The van der Waals surface area contributed by atoms with Crippen molar-refractivity contribution in [1.82, 2.24) is 4.90 Å². The Balaban J connectivity index is 0.00000382. The number of halogens is 4. The third-order valence-electron chi connectivity index (χ3n) is 6.76. The van der Waals surface area contributed by atoms with Crippen LogP contribution in [0.5, 0.6) is 0 Å². The minimum Gasteiger partial charge on any atom is -0.328 e. The highest BCUT2D eigenvalue weighted by Crippen LogP contribution is 2.41. The number of nitrogens with zero attached hydrogens (tertiary/aromatic N) is 3. The van der Waals surface area contributed by atoms with Gasteiger partial charge in [0, 0.05) is 29.8 Å². The van der Waals surface area contributed by atoms with E-state index in [0.29, 0.717) is 28.9 Å². The molecule has 2 rings (SSSR count). The second-order valence-corrected chi connectivity index (χ2v) is 9.95. The second kappa shape index (κ2) is 17.4. The Morgan fingerprint density at radius 3 is 2.15 bits per heavy atom. The summed E-state index contributed by atoms with van der Waals surface area (Å²) in [5.74, 6) is 0. The SMILES string of the molecule is C=C(C)/C(=C\C=C(/C)CC)CN1C=NC(C(C)(C)C(F)F)=C(Cc2cc(C(F)F)cc(C#N)c2C)C1=C.CC.CC. The number of benzene rings is 1. The van der Waals surface area contributed by atoms with Gasteiger partial charge in [-0.2, -0.15) is 5.26 Å². The molecule has 1 heterocycles. The molecule has 0 aliphatic carbocycles. The quantitative estimate of drug-likeness (QED) is 0.206. The Morgan fingerprint density at radius 1 is 1.10 bits per heavy atom. The molecule has 0 N–H and O–H groups in total. The molecule has 0 aromatic heterocycles. The normalized spacial score (nSPS) is 14.0. The number of allylic oxidation sites excluding steroid dienone is 5. The lowest BCUT2D eigenvalue weighted by Gasteiger charge is -2.35. The molecule has 1 aliphatic rings. The van der Waals surface area contributed by atoms with E-state index in [-0.39, 0.29) is 23.2 Å². The molecule has 0 bridgehead atoms. The first-order valence-electron chi connectivity index (χ1n) is 14.1. The van der Waals surface area contributed by atoms with Gasteiger partial charge in [0.2, 0.25) is 6.43 Å². The van der Waals surface area contributed by atoms with Crippen LogP contribution in [0.25, 0.3) is 0 Å². The van der Waals surface area contributed by atoms with Gasteiger partial charge in [0.1, 0.15) is 0 Å². The average molecular weight is 574 g/mol. The van der Waals surface area contributed by atoms with Gasteiger partial charge in [-0.25, -0.2) is 22.6 Å². The molecule has 226 valence electrons. The summed E-state index contributed by atoms with van der Waals surface area (Å²) in [6.45, 7) is 27.0. The summed E-state index contributed by atoms with van der Waals surface area (Å²) in [4.78, 5) is 6.20. The van der Waals surface area contributed by atoms with Gasteiger partial charge in [0.05, 0.1) is 29.1 Å². The maximum Gasteiger partial charge on any atom is 0.263 e. The molecule has 41 heavy (non-hydrogen) atoms. The molecular weight excluding hydrogens is 526 g/mol. The Bertz CT molecular complexity index is 1230. The molecule has 0 radical (unpaired) electrons. The van der Waals surface area contributed by atoms with Crippen LogP contribution >= 0.6 is 0 Å². The van der Waals surface area contributed by atoms with Gasteiger partial charge in [-0.05, 0) is 69.9 Å². The summed E-state index contributed by atoms with van der Waals surface area (Å²) in [6, 6.07) is 4.45. The van der Waals surface area contributed by atoms with E-state index in [1.54, 1.807) is 11.8 Å².